The van der Waals surface area contributed by atoms with E-state index in [0.717, 1.165) is 0 Å². The average molecular weight is 192 g/mol. The van der Waals surface area contributed by atoms with Gasteiger partial charge in [0.25, 0.3) is 0 Å². The molecule has 0 atom stereocenters. The zero-order valence-corrected chi connectivity index (χ0v) is 6.68. The van der Waals surface area contributed by atoms with Crippen LogP contribution in [0.3, 0.4) is 0 Å². The molecule has 0 aliphatic heterocycles. The summed E-state index contributed by atoms with van der Waals surface area (Å²) in [7, 11) is 1.45. The van der Waals surface area contributed by atoms with Crippen LogP contribution in [0.5, 0.6) is 5.75 Å². The molecule has 0 saturated carbocycles. The highest BCUT2D eigenvalue weighted by Crippen LogP contribution is 2.32. The molecule has 0 aromatic carbocycles. The highest BCUT2D eigenvalue weighted by atomic mass is 19.4. The van der Waals surface area contributed by atoms with E-state index in [-0.39, 0.29) is 5.82 Å². The van der Waals surface area contributed by atoms with Gasteiger partial charge in [-0.2, -0.15) is 13.2 Å². The molecule has 6 heteroatoms. The summed E-state index contributed by atoms with van der Waals surface area (Å²) in [6, 6.07) is 0.624. The van der Waals surface area contributed by atoms with E-state index in [1.165, 1.54) is 7.05 Å². The van der Waals surface area contributed by atoms with Crippen LogP contribution >= 0.6 is 0 Å². The summed E-state index contributed by atoms with van der Waals surface area (Å²) in [6.07, 6.45) is -3.82. The largest absolute Gasteiger partial charge is 0.504 e. The second kappa shape index (κ2) is 3.12. The Labute approximate surface area is 72.2 Å². The maximum Gasteiger partial charge on any atom is 0.418 e. The van der Waals surface area contributed by atoms with Crippen LogP contribution in [0.1, 0.15) is 5.56 Å². The van der Waals surface area contributed by atoms with E-state index in [4.69, 9.17) is 5.11 Å². The van der Waals surface area contributed by atoms with E-state index >= 15 is 0 Å². The van der Waals surface area contributed by atoms with Crippen LogP contribution in [0, 0.1) is 0 Å². The zero-order valence-electron chi connectivity index (χ0n) is 6.68. The summed E-state index contributed by atoms with van der Waals surface area (Å²) in [5.41, 5.74) is -0.969. The van der Waals surface area contributed by atoms with Crippen molar-refractivity contribution in [3.63, 3.8) is 0 Å². The first-order valence-electron chi connectivity index (χ1n) is 3.39. The first-order chi connectivity index (χ1) is 5.95. The van der Waals surface area contributed by atoms with Crippen molar-refractivity contribution >= 4 is 5.82 Å². The molecule has 13 heavy (non-hydrogen) atoms. The molecule has 0 fully saturated rings. The fraction of sp³-hybridized carbons (Fsp3) is 0.286. The molecule has 72 valence electrons. The van der Waals surface area contributed by atoms with Crippen molar-refractivity contribution < 1.29 is 18.3 Å². The number of anilines is 1. The predicted molar refractivity (Wildman–Crippen MR) is 40.5 cm³/mol. The van der Waals surface area contributed by atoms with Crippen molar-refractivity contribution in [1.82, 2.24) is 4.98 Å². The summed E-state index contributed by atoms with van der Waals surface area (Å²) in [4.78, 5) is 3.38. The summed E-state index contributed by atoms with van der Waals surface area (Å²) in [6.45, 7) is 0. The number of pyridine rings is 1. The Morgan fingerprint density at radius 3 is 2.46 bits per heavy atom. The lowest BCUT2D eigenvalue weighted by Crippen LogP contribution is -2.06. The summed E-state index contributed by atoms with van der Waals surface area (Å²) in [5, 5.41) is 11.5. The molecule has 0 spiro atoms. The van der Waals surface area contributed by atoms with Crippen LogP contribution in [-0.4, -0.2) is 17.1 Å². The van der Waals surface area contributed by atoms with Crippen molar-refractivity contribution in [3.8, 4) is 5.75 Å². The van der Waals surface area contributed by atoms with Gasteiger partial charge in [-0.3, -0.25) is 0 Å². The molecule has 1 rings (SSSR count). The highest BCUT2D eigenvalue weighted by molar-refractivity contribution is 5.49. The van der Waals surface area contributed by atoms with E-state index in [9.17, 15) is 13.2 Å². The Morgan fingerprint density at radius 2 is 2.08 bits per heavy atom. The number of rotatable bonds is 1. The third-order valence-corrected chi connectivity index (χ3v) is 1.43. The molecule has 1 heterocycles. The lowest BCUT2D eigenvalue weighted by molar-refractivity contribution is -0.137. The maximum atomic E-state index is 12.0. The second-order valence-electron chi connectivity index (χ2n) is 2.34. The van der Waals surface area contributed by atoms with E-state index < -0.39 is 17.5 Å². The molecule has 0 amide bonds. The van der Waals surface area contributed by atoms with Crippen LogP contribution in [0.15, 0.2) is 12.3 Å². The van der Waals surface area contributed by atoms with Gasteiger partial charge in [0.15, 0.2) is 11.6 Å². The highest BCUT2D eigenvalue weighted by Gasteiger charge is 2.31. The molecule has 0 aliphatic carbocycles. The van der Waals surface area contributed by atoms with E-state index in [1.807, 2.05) is 0 Å². The lowest BCUT2D eigenvalue weighted by Gasteiger charge is -2.08. The van der Waals surface area contributed by atoms with Gasteiger partial charge < -0.3 is 10.4 Å². The number of halogens is 3. The van der Waals surface area contributed by atoms with Gasteiger partial charge in [-0.1, -0.05) is 0 Å². The average Bonchev–Trinajstić information content (AvgIpc) is 2.02. The Kier molecular flexibility index (Phi) is 2.31. The molecule has 0 radical (unpaired) electrons. The molecule has 2 N–H and O–H groups in total. The minimum Gasteiger partial charge on any atom is -0.504 e. The first kappa shape index (κ1) is 9.63. The summed E-state index contributed by atoms with van der Waals surface area (Å²) < 4.78 is 36.1. The van der Waals surface area contributed by atoms with E-state index in [1.54, 1.807) is 0 Å². The number of aromatic nitrogens is 1. The van der Waals surface area contributed by atoms with Crippen molar-refractivity contribution in [2.75, 3.05) is 12.4 Å². The van der Waals surface area contributed by atoms with Gasteiger partial charge in [0, 0.05) is 13.2 Å². The van der Waals surface area contributed by atoms with Crippen LogP contribution in [-0.2, 0) is 6.18 Å². The SMILES string of the molecule is CNc1ncc(C(F)(F)F)cc1O. The molecule has 0 bridgehead atoms. The quantitative estimate of drug-likeness (QED) is 0.713. The van der Waals surface area contributed by atoms with Gasteiger partial charge in [-0.25, -0.2) is 4.98 Å². The molecule has 1 aromatic heterocycles. The normalized spacial score (nSPS) is 11.4. The van der Waals surface area contributed by atoms with Crippen LogP contribution in [0.25, 0.3) is 0 Å². The Balaban J connectivity index is 3.10. The van der Waals surface area contributed by atoms with Gasteiger partial charge in [0.2, 0.25) is 0 Å². The molecule has 0 aliphatic rings. The summed E-state index contributed by atoms with van der Waals surface area (Å²) in [5.74, 6) is -0.495. The van der Waals surface area contributed by atoms with Crippen molar-refractivity contribution in [2.24, 2.45) is 0 Å². The number of nitrogens with zero attached hydrogens (tertiary/aromatic N) is 1. The molecule has 1 aromatic rings. The maximum absolute atomic E-state index is 12.0. The fourth-order valence-corrected chi connectivity index (χ4v) is 0.801. The minimum atomic E-state index is -4.48. The van der Waals surface area contributed by atoms with Crippen molar-refractivity contribution in [3.05, 3.63) is 17.8 Å². The van der Waals surface area contributed by atoms with Gasteiger partial charge in [-0.15, -0.1) is 0 Å². The van der Waals surface area contributed by atoms with Crippen molar-refractivity contribution in [1.29, 1.82) is 0 Å². The van der Waals surface area contributed by atoms with Gasteiger partial charge in [-0.05, 0) is 6.07 Å². The third-order valence-electron chi connectivity index (χ3n) is 1.43. The standard InChI is InChI=1S/C7H7F3N2O/c1-11-6-5(13)2-4(3-12-6)7(8,9)10/h2-3,13H,1H3,(H,11,12). The Hall–Kier alpha value is -1.46. The molecule has 0 unspecified atom stereocenters. The number of aromatic hydroxyl groups is 1. The smallest absolute Gasteiger partial charge is 0.418 e. The van der Waals surface area contributed by atoms with Crippen LogP contribution in [0.2, 0.25) is 0 Å². The number of hydrogen-bond acceptors (Lipinski definition) is 3. The first-order valence-corrected chi connectivity index (χ1v) is 3.39. The Bertz CT molecular complexity index is 311. The summed E-state index contributed by atoms with van der Waals surface area (Å²) >= 11 is 0. The van der Waals surface area contributed by atoms with Crippen LogP contribution < -0.4 is 5.32 Å². The van der Waals surface area contributed by atoms with Crippen molar-refractivity contribution in [2.45, 2.75) is 6.18 Å². The van der Waals surface area contributed by atoms with E-state index in [2.05, 4.69) is 10.3 Å². The number of nitrogens with one attached hydrogen (secondary N) is 1. The minimum absolute atomic E-state index is 0.0213. The van der Waals surface area contributed by atoms with Gasteiger partial charge >= 0.3 is 6.18 Å². The molecular weight excluding hydrogens is 185 g/mol. The van der Waals surface area contributed by atoms with Gasteiger partial charge in [0.1, 0.15) is 0 Å². The number of alkyl halides is 3. The predicted octanol–water partition coefficient (Wildman–Crippen LogP) is 1.85. The monoisotopic (exact) mass is 192 g/mol. The number of hydrogen-bond donors (Lipinski definition) is 2. The van der Waals surface area contributed by atoms with E-state index in [0.29, 0.717) is 12.3 Å². The molecule has 3 nitrogen and oxygen atoms in total. The van der Waals surface area contributed by atoms with Crippen LogP contribution in [0.4, 0.5) is 19.0 Å². The topological polar surface area (TPSA) is 45.2 Å². The lowest BCUT2D eigenvalue weighted by atomic mass is 10.2. The van der Waals surface area contributed by atoms with Gasteiger partial charge in [0.05, 0.1) is 5.56 Å². The fourth-order valence-electron chi connectivity index (χ4n) is 0.801. The molecular formula is C7H7F3N2O. The zero-order chi connectivity index (χ0) is 10.1. The Morgan fingerprint density at radius 1 is 1.46 bits per heavy atom. The third kappa shape index (κ3) is 2.01. The molecule has 0 saturated heterocycles. The second-order valence-corrected chi connectivity index (χ2v) is 2.34.